The lowest BCUT2D eigenvalue weighted by Gasteiger charge is -2.07. The number of hydrogen-bond donors (Lipinski definition) is 3. The zero-order valence-electron chi connectivity index (χ0n) is 14.7. The molecule has 0 aliphatic heterocycles. The number of nitrogens with zero attached hydrogens (tertiary/aromatic N) is 4. The second kappa shape index (κ2) is 7.96. The van der Waals surface area contributed by atoms with Gasteiger partial charge in [0.15, 0.2) is 0 Å². The van der Waals surface area contributed by atoms with E-state index >= 15 is 0 Å². The van der Waals surface area contributed by atoms with E-state index in [0.717, 1.165) is 22.8 Å². The Morgan fingerprint density at radius 1 is 1.12 bits per heavy atom. The highest BCUT2D eigenvalue weighted by atomic mass is 32.2. The van der Waals surface area contributed by atoms with Crippen LogP contribution in [0.3, 0.4) is 0 Å². The maximum atomic E-state index is 12.3. The van der Waals surface area contributed by atoms with Crippen molar-refractivity contribution in [2.75, 3.05) is 16.4 Å². The maximum absolute atomic E-state index is 12.3. The van der Waals surface area contributed by atoms with Gasteiger partial charge in [-0.1, -0.05) is 18.7 Å². The average Bonchev–Trinajstić information content (AvgIpc) is 3.02. The third kappa shape index (κ3) is 4.57. The van der Waals surface area contributed by atoms with E-state index in [1.165, 1.54) is 11.8 Å². The summed E-state index contributed by atoms with van der Waals surface area (Å²) < 4.78 is 0. The molecule has 0 unspecified atom stereocenters. The van der Waals surface area contributed by atoms with Gasteiger partial charge in [0, 0.05) is 22.6 Å². The summed E-state index contributed by atoms with van der Waals surface area (Å²) in [5, 5.41) is 13.2. The van der Waals surface area contributed by atoms with E-state index in [-0.39, 0.29) is 5.91 Å². The first-order valence-electron chi connectivity index (χ1n) is 8.09. The van der Waals surface area contributed by atoms with Crippen molar-refractivity contribution in [3.63, 3.8) is 0 Å². The second-order valence-corrected chi connectivity index (χ2v) is 6.76. The largest absolute Gasteiger partial charge is 0.324 e. The number of benzene rings is 1. The average molecular weight is 369 g/mol. The number of hydrogen-bond acceptors (Lipinski definition) is 7. The molecule has 0 atom stereocenters. The quantitative estimate of drug-likeness (QED) is 0.572. The summed E-state index contributed by atoms with van der Waals surface area (Å²) in [5.74, 6) is 1.46. The molecule has 0 fully saturated rings. The minimum atomic E-state index is -0.261. The van der Waals surface area contributed by atoms with Crippen LogP contribution in [0.15, 0.2) is 35.5 Å². The summed E-state index contributed by atoms with van der Waals surface area (Å²) in [6.07, 6.45) is 0. The van der Waals surface area contributed by atoms with E-state index in [9.17, 15) is 4.79 Å². The molecule has 3 aromatic rings. The van der Waals surface area contributed by atoms with E-state index in [0.29, 0.717) is 22.6 Å². The summed E-state index contributed by atoms with van der Waals surface area (Å²) in [5.41, 5.74) is 3.10. The molecule has 0 aliphatic carbocycles. The number of anilines is 3. The predicted molar refractivity (Wildman–Crippen MR) is 102 cm³/mol. The molecule has 8 nitrogen and oxygen atoms in total. The number of H-pyrrole nitrogens is 1. The van der Waals surface area contributed by atoms with Crippen LogP contribution in [-0.2, 0) is 0 Å². The van der Waals surface area contributed by atoms with Gasteiger partial charge in [-0.15, -0.1) is 5.10 Å². The predicted octanol–water partition coefficient (Wildman–Crippen LogP) is 3.32. The number of aromatic nitrogens is 5. The van der Waals surface area contributed by atoms with Crippen LogP contribution in [0.1, 0.15) is 28.7 Å². The Morgan fingerprint density at radius 2 is 1.81 bits per heavy atom. The molecule has 2 aromatic heterocycles. The molecule has 1 aromatic carbocycles. The third-order valence-corrected chi connectivity index (χ3v) is 4.09. The van der Waals surface area contributed by atoms with Crippen molar-refractivity contribution in [2.24, 2.45) is 0 Å². The van der Waals surface area contributed by atoms with Crippen LogP contribution in [-0.4, -0.2) is 36.8 Å². The van der Waals surface area contributed by atoms with E-state index in [1.54, 1.807) is 24.3 Å². The number of rotatable bonds is 6. The van der Waals surface area contributed by atoms with Crippen LogP contribution >= 0.6 is 11.8 Å². The lowest BCUT2D eigenvalue weighted by molar-refractivity contribution is 0.102. The molecular formula is C17H19N7OS. The SMILES string of the molecule is CCSc1n[nH]c(NC(=O)c2ccc(Nc3nc(C)cc(C)n3)cc2)n1. The number of aryl methyl sites for hydroxylation is 2. The molecule has 26 heavy (non-hydrogen) atoms. The Morgan fingerprint density at radius 3 is 2.46 bits per heavy atom. The highest BCUT2D eigenvalue weighted by molar-refractivity contribution is 7.99. The lowest BCUT2D eigenvalue weighted by Crippen LogP contribution is -2.13. The highest BCUT2D eigenvalue weighted by Crippen LogP contribution is 2.16. The van der Waals surface area contributed by atoms with Crippen LogP contribution in [0.25, 0.3) is 0 Å². The molecule has 2 heterocycles. The molecule has 3 N–H and O–H groups in total. The Labute approximate surface area is 155 Å². The molecule has 9 heteroatoms. The molecule has 1 amide bonds. The minimum Gasteiger partial charge on any atom is -0.324 e. The first kappa shape index (κ1) is 17.9. The van der Waals surface area contributed by atoms with Gasteiger partial charge in [-0.2, -0.15) is 4.98 Å². The Bertz CT molecular complexity index is 887. The molecule has 3 rings (SSSR count). The Kier molecular flexibility index (Phi) is 5.47. The fourth-order valence-electron chi connectivity index (χ4n) is 2.29. The normalized spacial score (nSPS) is 10.6. The molecular weight excluding hydrogens is 350 g/mol. The minimum absolute atomic E-state index is 0.261. The number of carbonyl (C=O) groups is 1. The van der Waals surface area contributed by atoms with E-state index in [4.69, 9.17) is 0 Å². The smallest absolute Gasteiger partial charge is 0.258 e. The van der Waals surface area contributed by atoms with Crippen molar-refractivity contribution >= 4 is 35.3 Å². The maximum Gasteiger partial charge on any atom is 0.258 e. The number of nitrogens with one attached hydrogen (secondary N) is 3. The summed E-state index contributed by atoms with van der Waals surface area (Å²) in [6, 6.07) is 8.95. The van der Waals surface area contributed by atoms with Gasteiger partial charge in [-0.3, -0.25) is 10.1 Å². The van der Waals surface area contributed by atoms with Crippen LogP contribution in [0.2, 0.25) is 0 Å². The van der Waals surface area contributed by atoms with Crippen LogP contribution in [0, 0.1) is 13.8 Å². The van der Waals surface area contributed by atoms with Gasteiger partial charge in [0.05, 0.1) is 0 Å². The lowest BCUT2D eigenvalue weighted by atomic mass is 10.2. The number of amides is 1. The van der Waals surface area contributed by atoms with Crippen molar-refractivity contribution in [3.8, 4) is 0 Å². The van der Waals surface area contributed by atoms with Gasteiger partial charge >= 0.3 is 0 Å². The molecule has 0 spiro atoms. The Balaban J connectivity index is 1.65. The van der Waals surface area contributed by atoms with Crippen LogP contribution in [0.4, 0.5) is 17.6 Å². The summed E-state index contributed by atoms with van der Waals surface area (Å²) >= 11 is 1.50. The monoisotopic (exact) mass is 369 g/mol. The zero-order valence-corrected chi connectivity index (χ0v) is 15.5. The van der Waals surface area contributed by atoms with Crippen molar-refractivity contribution in [3.05, 3.63) is 47.3 Å². The fraction of sp³-hybridized carbons (Fsp3) is 0.235. The molecule has 0 radical (unpaired) electrons. The first-order chi connectivity index (χ1) is 12.5. The van der Waals surface area contributed by atoms with Gasteiger partial charge in [0.25, 0.3) is 5.91 Å². The van der Waals surface area contributed by atoms with Crippen molar-refractivity contribution < 1.29 is 4.79 Å². The number of carbonyl (C=O) groups excluding carboxylic acids is 1. The van der Waals surface area contributed by atoms with Crippen molar-refractivity contribution in [1.29, 1.82) is 0 Å². The van der Waals surface area contributed by atoms with Crippen LogP contribution in [0.5, 0.6) is 0 Å². The molecule has 0 bridgehead atoms. The van der Waals surface area contributed by atoms with Gasteiger partial charge in [0.2, 0.25) is 17.1 Å². The van der Waals surface area contributed by atoms with Gasteiger partial charge in [0.1, 0.15) is 0 Å². The second-order valence-electron chi connectivity index (χ2n) is 5.53. The molecule has 0 saturated carbocycles. The number of aromatic amines is 1. The Hall–Kier alpha value is -2.94. The van der Waals surface area contributed by atoms with Crippen molar-refractivity contribution in [1.82, 2.24) is 25.1 Å². The topological polar surface area (TPSA) is 108 Å². The summed E-state index contributed by atoms with van der Waals surface area (Å²) in [4.78, 5) is 25.2. The number of thioether (sulfide) groups is 1. The van der Waals surface area contributed by atoms with E-state index in [2.05, 4.69) is 35.8 Å². The molecule has 0 saturated heterocycles. The van der Waals surface area contributed by atoms with Gasteiger partial charge < -0.3 is 5.32 Å². The summed E-state index contributed by atoms with van der Waals surface area (Å²) in [7, 11) is 0. The first-order valence-corrected chi connectivity index (χ1v) is 9.08. The fourth-order valence-corrected chi connectivity index (χ4v) is 2.82. The van der Waals surface area contributed by atoms with E-state index < -0.39 is 0 Å². The standard InChI is InChI=1S/C17H19N7OS/c1-4-26-17-22-16(23-24-17)21-14(25)12-5-7-13(8-6-12)20-15-18-10(2)9-11(3)19-15/h5-9H,4H2,1-3H3,(H,18,19,20)(H2,21,22,23,24,25). The molecule has 134 valence electrons. The zero-order chi connectivity index (χ0) is 18.5. The van der Waals surface area contributed by atoms with Crippen LogP contribution < -0.4 is 10.6 Å². The van der Waals surface area contributed by atoms with Gasteiger partial charge in [-0.25, -0.2) is 15.1 Å². The van der Waals surface area contributed by atoms with Gasteiger partial charge in [-0.05, 0) is 49.9 Å². The third-order valence-electron chi connectivity index (χ3n) is 3.36. The summed E-state index contributed by atoms with van der Waals surface area (Å²) in [6.45, 7) is 5.85. The van der Waals surface area contributed by atoms with E-state index in [1.807, 2.05) is 26.8 Å². The van der Waals surface area contributed by atoms with Crippen molar-refractivity contribution in [2.45, 2.75) is 25.9 Å². The molecule has 0 aliphatic rings. The highest BCUT2D eigenvalue weighted by Gasteiger charge is 2.10.